The van der Waals surface area contributed by atoms with Crippen LogP contribution in [-0.4, -0.2) is 74.1 Å². The Hall–Kier alpha value is -3.73. The van der Waals surface area contributed by atoms with E-state index in [1.165, 1.54) is 6.42 Å². The van der Waals surface area contributed by atoms with E-state index in [0.717, 1.165) is 67.6 Å². The highest BCUT2D eigenvalue weighted by molar-refractivity contribution is 6.29. The van der Waals surface area contributed by atoms with Gasteiger partial charge in [0.1, 0.15) is 16.8 Å². The summed E-state index contributed by atoms with van der Waals surface area (Å²) in [6.07, 6.45) is 5.71. The Bertz CT molecular complexity index is 1200. The van der Waals surface area contributed by atoms with Crippen LogP contribution in [0, 0.1) is 5.92 Å². The van der Waals surface area contributed by atoms with Crippen LogP contribution in [0.3, 0.4) is 0 Å². The van der Waals surface area contributed by atoms with Gasteiger partial charge in [-0.15, -0.1) is 0 Å². The van der Waals surface area contributed by atoms with Gasteiger partial charge in [0.25, 0.3) is 0 Å². The average Bonchev–Trinajstić information content (AvgIpc) is 3.49. The van der Waals surface area contributed by atoms with Gasteiger partial charge in [-0.2, -0.15) is 0 Å². The number of aromatic nitrogens is 3. The van der Waals surface area contributed by atoms with E-state index < -0.39 is 11.9 Å². The molecule has 0 unspecified atom stereocenters. The molecule has 1 amide bonds. The number of rotatable bonds is 6. The molecular weight excluding hydrogens is 500 g/mol. The number of fused-ring (bicyclic) bond motifs is 1. The molecule has 5 heterocycles. The lowest BCUT2D eigenvalue weighted by atomic mass is 10.1. The van der Waals surface area contributed by atoms with E-state index in [0.29, 0.717) is 30.4 Å². The van der Waals surface area contributed by atoms with Crippen molar-refractivity contribution in [3.05, 3.63) is 52.7 Å². The fourth-order valence-corrected chi connectivity index (χ4v) is 4.75. The molecule has 0 aromatic carbocycles. The summed E-state index contributed by atoms with van der Waals surface area (Å²) in [5, 5.41) is 16.1. The second-order valence-corrected chi connectivity index (χ2v) is 9.44. The van der Waals surface area contributed by atoms with Crippen molar-refractivity contribution in [1.29, 1.82) is 0 Å². The van der Waals surface area contributed by atoms with Crippen LogP contribution in [0.4, 0.5) is 11.5 Å². The van der Waals surface area contributed by atoms with Crippen LogP contribution in [0.15, 0.2) is 30.5 Å². The number of pyridine rings is 1. The number of nitrogens with zero attached hydrogens (tertiary/aromatic N) is 6. The predicted molar refractivity (Wildman–Crippen MR) is 136 cm³/mol. The molecule has 196 valence electrons. The molecule has 2 aromatic heterocycles. The van der Waals surface area contributed by atoms with Gasteiger partial charge in [-0.05, 0) is 25.0 Å². The minimum Gasteiger partial charge on any atom is -0.478 e. The third kappa shape index (κ3) is 6.34. The Balaban J connectivity index is 0.000000349. The molecule has 0 bridgehead atoms. The Morgan fingerprint density at radius 3 is 2.41 bits per heavy atom. The normalized spacial score (nSPS) is 18.3. The first-order chi connectivity index (χ1) is 17.7. The number of aliphatic carboxylic acids is 2. The molecule has 2 saturated heterocycles. The van der Waals surface area contributed by atoms with Gasteiger partial charge in [-0.1, -0.05) is 18.5 Å². The zero-order valence-corrected chi connectivity index (χ0v) is 21.3. The Morgan fingerprint density at radius 2 is 1.81 bits per heavy atom. The molecule has 2 N–H and O–H groups in total. The topological polar surface area (TPSA) is 140 Å². The largest absolute Gasteiger partial charge is 0.478 e. The van der Waals surface area contributed by atoms with E-state index >= 15 is 0 Å². The lowest BCUT2D eigenvalue weighted by molar-refractivity contribution is -0.135. The highest BCUT2D eigenvalue weighted by Crippen LogP contribution is 2.34. The number of aryl methyl sites for hydroxylation is 1. The summed E-state index contributed by atoms with van der Waals surface area (Å²) in [4.78, 5) is 52.5. The number of hydrogen-bond donors (Lipinski definition) is 2. The molecule has 2 fully saturated rings. The van der Waals surface area contributed by atoms with Crippen LogP contribution in [0.5, 0.6) is 0 Å². The summed E-state index contributed by atoms with van der Waals surface area (Å²) in [7, 11) is 0. The molecule has 12 heteroatoms. The van der Waals surface area contributed by atoms with Crippen molar-refractivity contribution < 1.29 is 24.6 Å². The maximum atomic E-state index is 13.3. The number of carbonyl (C=O) groups excluding carboxylic acids is 1. The van der Waals surface area contributed by atoms with Crippen LogP contribution in [0.1, 0.15) is 36.8 Å². The molecule has 3 aliphatic heterocycles. The van der Waals surface area contributed by atoms with E-state index in [9.17, 15) is 14.4 Å². The molecule has 2 aromatic rings. The first-order valence-corrected chi connectivity index (χ1v) is 12.6. The number of anilines is 2. The molecule has 0 spiro atoms. The van der Waals surface area contributed by atoms with Crippen molar-refractivity contribution in [2.45, 2.75) is 39.3 Å². The van der Waals surface area contributed by atoms with Crippen molar-refractivity contribution in [2.75, 3.05) is 36.0 Å². The third-order valence-electron chi connectivity index (χ3n) is 6.57. The molecule has 3 aliphatic rings. The minimum atomic E-state index is -1.26. The van der Waals surface area contributed by atoms with Gasteiger partial charge in [0.05, 0.1) is 24.7 Å². The van der Waals surface area contributed by atoms with Crippen LogP contribution < -0.4 is 9.80 Å². The van der Waals surface area contributed by atoms with E-state index in [4.69, 9.17) is 31.8 Å². The van der Waals surface area contributed by atoms with E-state index in [-0.39, 0.29) is 11.8 Å². The first-order valence-electron chi connectivity index (χ1n) is 12.2. The van der Waals surface area contributed by atoms with Crippen molar-refractivity contribution in [2.24, 2.45) is 5.92 Å². The predicted octanol–water partition coefficient (Wildman–Crippen LogP) is 2.38. The van der Waals surface area contributed by atoms with Crippen molar-refractivity contribution in [1.82, 2.24) is 19.9 Å². The highest BCUT2D eigenvalue weighted by atomic mass is 35.5. The fourth-order valence-electron chi connectivity index (χ4n) is 4.58. The molecule has 0 radical (unpaired) electrons. The zero-order chi connectivity index (χ0) is 26.5. The summed E-state index contributed by atoms with van der Waals surface area (Å²) >= 11 is 6.03. The molecule has 37 heavy (non-hydrogen) atoms. The average molecular weight is 529 g/mol. The number of amides is 1. The first kappa shape index (κ1) is 26.3. The van der Waals surface area contributed by atoms with Crippen LogP contribution in [0.25, 0.3) is 0 Å². The summed E-state index contributed by atoms with van der Waals surface area (Å²) in [6, 6.07) is 3.81. The number of carboxylic acid groups (broad SMARTS) is 2. The van der Waals surface area contributed by atoms with Crippen molar-refractivity contribution in [3.8, 4) is 0 Å². The summed E-state index contributed by atoms with van der Waals surface area (Å²) < 4.78 is 0. The van der Waals surface area contributed by atoms with Crippen LogP contribution in [0.2, 0.25) is 5.15 Å². The van der Waals surface area contributed by atoms with Gasteiger partial charge in [0.15, 0.2) is 0 Å². The molecule has 5 rings (SSSR count). The maximum Gasteiger partial charge on any atom is 0.328 e. The fraction of sp³-hybridized carbons (Fsp3) is 0.440. The Kier molecular flexibility index (Phi) is 8.22. The van der Waals surface area contributed by atoms with Crippen molar-refractivity contribution >= 4 is 41.0 Å². The molecule has 0 aliphatic carbocycles. The number of halogens is 1. The third-order valence-corrected chi connectivity index (χ3v) is 6.78. The number of hydrogen-bond acceptors (Lipinski definition) is 8. The standard InChI is InChI=1S/C21H25ClN6O.C4H4O4/c1-2-19-24-17-13-28(12-16(17)20(25-19)26-7-3-8-26)21(29)14-5-9-27(11-14)15-4-6-23-18(22)10-15;5-3(6)1-2-4(7)8/h4,6,10,14H,2-3,5,7-9,11-13H2,1H3;1-2H,(H,5,6)(H,7,8)/b;2-1+/t14-;/m1./s1. The van der Waals surface area contributed by atoms with E-state index in [1.807, 2.05) is 17.0 Å². The summed E-state index contributed by atoms with van der Waals surface area (Å²) in [6.45, 7) is 6.98. The van der Waals surface area contributed by atoms with Gasteiger partial charge in [-0.25, -0.2) is 24.5 Å². The second-order valence-electron chi connectivity index (χ2n) is 9.06. The summed E-state index contributed by atoms with van der Waals surface area (Å²) in [5.41, 5.74) is 3.21. The van der Waals surface area contributed by atoms with Crippen LogP contribution >= 0.6 is 11.6 Å². The minimum absolute atomic E-state index is 0.00215. The van der Waals surface area contributed by atoms with Gasteiger partial charge in [-0.3, -0.25) is 4.79 Å². The van der Waals surface area contributed by atoms with Gasteiger partial charge in [0, 0.05) is 62.2 Å². The monoisotopic (exact) mass is 528 g/mol. The summed E-state index contributed by atoms with van der Waals surface area (Å²) in [5.74, 6) is -0.366. The number of carbonyl (C=O) groups is 3. The zero-order valence-electron chi connectivity index (χ0n) is 20.5. The Labute approximate surface area is 219 Å². The molecule has 1 atom stereocenters. The van der Waals surface area contributed by atoms with Crippen LogP contribution in [-0.2, 0) is 33.9 Å². The smallest absolute Gasteiger partial charge is 0.328 e. The molecule has 0 saturated carbocycles. The SMILES string of the molecule is CCc1nc2c(c(N3CCC3)n1)CN(C(=O)[C@@H]1CCN(c3ccnc(Cl)c3)C1)C2.O=C(O)/C=C/C(=O)O. The van der Waals surface area contributed by atoms with Gasteiger partial charge < -0.3 is 24.9 Å². The van der Waals surface area contributed by atoms with E-state index in [2.05, 4.69) is 21.7 Å². The van der Waals surface area contributed by atoms with Crippen molar-refractivity contribution in [3.63, 3.8) is 0 Å². The highest BCUT2D eigenvalue weighted by Gasteiger charge is 2.36. The van der Waals surface area contributed by atoms with Gasteiger partial charge >= 0.3 is 11.9 Å². The Morgan fingerprint density at radius 1 is 1.08 bits per heavy atom. The lowest BCUT2D eigenvalue weighted by Gasteiger charge is -2.33. The van der Waals surface area contributed by atoms with Gasteiger partial charge in [0.2, 0.25) is 5.91 Å². The maximum absolute atomic E-state index is 13.3. The molecular formula is C25H29ClN6O5. The molecule has 11 nitrogen and oxygen atoms in total. The quantitative estimate of drug-likeness (QED) is 0.424. The van der Waals surface area contributed by atoms with E-state index in [1.54, 1.807) is 6.20 Å². The second kappa shape index (κ2) is 11.5. The lowest BCUT2D eigenvalue weighted by Crippen LogP contribution is -2.39. The number of carboxylic acids is 2.